The molecular weight excluding hydrogens is 284 g/mol. The number of hydrogen-bond donors (Lipinski definition) is 1. The fraction of sp³-hybridized carbons (Fsp3) is 0.250. The number of para-hydroxylation sites is 1. The van der Waals surface area contributed by atoms with Crippen LogP contribution in [0.5, 0.6) is 0 Å². The fourth-order valence-electron chi connectivity index (χ4n) is 3.78. The van der Waals surface area contributed by atoms with Gasteiger partial charge in [0.15, 0.2) is 0 Å². The summed E-state index contributed by atoms with van der Waals surface area (Å²) < 4.78 is 0. The van der Waals surface area contributed by atoms with Crippen molar-refractivity contribution in [1.29, 1.82) is 0 Å². The minimum Gasteiger partial charge on any atom is -0.377 e. The van der Waals surface area contributed by atoms with E-state index in [2.05, 4.69) is 35.5 Å². The second-order valence-corrected chi connectivity index (χ2v) is 6.27. The van der Waals surface area contributed by atoms with E-state index in [1.165, 1.54) is 16.8 Å². The van der Waals surface area contributed by atoms with Crippen LogP contribution in [0.4, 0.5) is 5.69 Å². The van der Waals surface area contributed by atoms with Crippen LogP contribution in [0.15, 0.2) is 65.9 Å². The Labute approximate surface area is 136 Å². The van der Waals surface area contributed by atoms with Crippen LogP contribution in [0.3, 0.4) is 0 Å². The van der Waals surface area contributed by atoms with Gasteiger partial charge in [0.1, 0.15) is 0 Å². The van der Waals surface area contributed by atoms with Gasteiger partial charge in [-0.25, -0.2) is 0 Å². The van der Waals surface area contributed by atoms with Crippen molar-refractivity contribution in [3.63, 3.8) is 0 Å². The number of carbonyl (C=O) groups is 1. The zero-order valence-electron chi connectivity index (χ0n) is 13.3. The smallest absolute Gasteiger partial charge is 0.254 e. The van der Waals surface area contributed by atoms with Crippen molar-refractivity contribution in [3.05, 3.63) is 77.0 Å². The van der Waals surface area contributed by atoms with E-state index in [4.69, 9.17) is 0 Å². The molecule has 1 unspecified atom stereocenters. The van der Waals surface area contributed by atoms with Crippen molar-refractivity contribution in [2.45, 2.75) is 18.8 Å². The van der Waals surface area contributed by atoms with E-state index >= 15 is 0 Å². The number of amides is 1. The first-order chi connectivity index (χ1) is 11.3. The van der Waals surface area contributed by atoms with Gasteiger partial charge in [-0.1, -0.05) is 48.5 Å². The Balaban J connectivity index is 1.96. The third-order valence-corrected chi connectivity index (χ3v) is 4.86. The van der Waals surface area contributed by atoms with E-state index in [0.29, 0.717) is 0 Å². The summed E-state index contributed by atoms with van der Waals surface area (Å²) in [5.41, 5.74) is 5.39. The number of nitrogens with zero attached hydrogens (tertiary/aromatic N) is 1. The minimum atomic E-state index is 0.0108. The highest BCUT2D eigenvalue weighted by Crippen LogP contribution is 2.43. The maximum absolute atomic E-state index is 12.9. The van der Waals surface area contributed by atoms with Gasteiger partial charge < -0.3 is 10.2 Å². The number of likely N-dealkylation sites (tertiary alicyclic amines) is 1. The molecule has 116 valence electrons. The number of fused-ring (bicyclic) bond motifs is 1. The van der Waals surface area contributed by atoms with Crippen LogP contribution in [0.25, 0.3) is 0 Å². The average Bonchev–Trinajstić information content (AvgIpc) is 3.00. The quantitative estimate of drug-likeness (QED) is 0.814. The van der Waals surface area contributed by atoms with Crippen molar-refractivity contribution in [2.24, 2.45) is 0 Å². The highest BCUT2D eigenvalue weighted by Gasteiger charge is 2.35. The first-order valence-corrected chi connectivity index (χ1v) is 8.15. The van der Waals surface area contributed by atoms with Gasteiger partial charge in [0.2, 0.25) is 0 Å². The summed E-state index contributed by atoms with van der Waals surface area (Å²) in [6, 6.07) is 18.5. The highest BCUT2D eigenvalue weighted by molar-refractivity contribution is 6.09. The number of benzene rings is 2. The van der Waals surface area contributed by atoms with Gasteiger partial charge >= 0.3 is 0 Å². The van der Waals surface area contributed by atoms with Crippen LogP contribution in [0.1, 0.15) is 29.9 Å². The first kappa shape index (κ1) is 14.1. The molecule has 1 saturated heterocycles. The molecule has 1 fully saturated rings. The first-order valence-electron chi connectivity index (χ1n) is 8.15. The van der Waals surface area contributed by atoms with Crippen molar-refractivity contribution in [1.82, 2.24) is 4.90 Å². The highest BCUT2D eigenvalue weighted by atomic mass is 16.1. The Morgan fingerprint density at radius 1 is 1.04 bits per heavy atom. The number of nitrogens with one attached hydrogen (secondary N) is 1. The van der Waals surface area contributed by atoms with Crippen LogP contribution in [-0.4, -0.2) is 24.4 Å². The molecule has 2 aromatic rings. The zero-order valence-corrected chi connectivity index (χ0v) is 13.3. The van der Waals surface area contributed by atoms with Gasteiger partial charge in [-0.3, -0.25) is 4.79 Å². The van der Waals surface area contributed by atoms with E-state index in [1.54, 1.807) is 0 Å². The average molecular weight is 304 g/mol. The molecule has 0 bridgehead atoms. The van der Waals surface area contributed by atoms with Crippen LogP contribution in [0, 0.1) is 0 Å². The summed E-state index contributed by atoms with van der Waals surface area (Å²) in [6.45, 7) is 1.02. The van der Waals surface area contributed by atoms with E-state index in [-0.39, 0.29) is 11.8 Å². The third kappa shape index (κ3) is 2.33. The molecular formula is C20H20N2O. The van der Waals surface area contributed by atoms with Crippen LogP contribution in [-0.2, 0) is 4.79 Å². The molecule has 0 aliphatic carbocycles. The number of rotatable bonds is 1. The van der Waals surface area contributed by atoms with Crippen molar-refractivity contribution in [3.8, 4) is 0 Å². The Hall–Kier alpha value is -2.55. The molecule has 1 atom stereocenters. The Bertz CT molecular complexity index is 779. The lowest BCUT2D eigenvalue weighted by Crippen LogP contribution is -2.30. The van der Waals surface area contributed by atoms with Gasteiger partial charge in [-0.2, -0.15) is 0 Å². The van der Waals surface area contributed by atoms with E-state index in [1.807, 2.05) is 36.4 Å². The molecule has 2 aliphatic heterocycles. The number of hydrogen-bond acceptors (Lipinski definition) is 2. The standard InChI is InChI=1S/C20H20N2O/c1-22-13-7-12-17(22)19-18(14-8-3-2-4-9-14)15-10-5-6-11-16(15)21-20(19)23/h2-6,8-11,18H,7,12-13H2,1H3,(H,21,23)/b19-17-. The summed E-state index contributed by atoms with van der Waals surface area (Å²) in [5.74, 6) is 0.0537. The topological polar surface area (TPSA) is 32.3 Å². The maximum Gasteiger partial charge on any atom is 0.254 e. The lowest BCUT2D eigenvalue weighted by molar-refractivity contribution is -0.113. The Morgan fingerprint density at radius 3 is 2.52 bits per heavy atom. The molecule has 0 radical (unpaired) electrons. The van der Waals surface area contributed by atoms with Crippen molar-refractivity contribution >= 4 is 11.6 Å². The number of allylic oxidation sites excluding steroid dienone is 1. The van der Waals surface area contributed by atoms with Gasteiger partial charge in [-0.15, -0.1) is 0 Å². The normalized spacial score (nSPS) is 23.6. The molecule has 1 amide bonds. The molecule has 23 heavy (non-hydrogen) atoms. The van der Waals surface area contributed by atoms with E-state index in [0.717, 1.165) is 30.6 Å². The largest absolute Gasteiger partial charge is 0.377 e. The molecule has 1 N–H and O–H groups in total. The van der Waals surface area contributed by atoms with Gasteiger partial charge in [0.05, 0.1) is 0 Å². The second-order valence-electron chi connectivity index (χ2n) is 6.27. The molecule has 0 spiro atoms. The molecule has 3 nitrogen and oxygen atoms in total. The molecule has 4 rings (SSSR count). The fourth-order valence-corrected chi connectivity index (χ4v) is 3.78. The summed E-state index contributed by atoms with van der Waals surface area (Å²) >= 11 is 0. The van der Waals surface area contributed by atoms with E-state index in [9.17, 15) is 4.79 Å². The Kier molecular flexibility index (Phi) is 3.41. The number of carbonyl (C=O) groups excluding carboxylic acids is 1. The monoisotopic (exact) mass is 304 g/mol. The lowest BCUT2D eigenvalue weighted by atomic mass is 9.80. The zero-order chi connectivity index (χ0) is 15.8. The molecule has 0 aromatic heterocycles. The second kappa shape index (κ2) is 5.58. The predicted molar refractivity (Wildman–Crippen MR) is 92.2 cm³/mol. The van der Waals surface area contributed by atoms with Gasteiger partial charge in [-0.05, 0) is 30.0 Å². The minimum absolute atomic E-state index is 0.0108. The number of anilines is 1. The van der Waals surface area contributed by atoms with Crippen LogP contribution < -0.4 is 5.32 Å². The van der Waals surface area contributed by atoms with Crippen molar-refractivity contribution in [2.75, 3.05) is 18.9 Å². The molecule has 2 aromatic carbocycles. The molecule has 2 heterocycles. The predicted octanol–water partition coefficient (Wildman–Crippen LogP) is 3.75. The van der Waals surface area contributed by atoms with Crippen LogP contribution in [0.2, 0.25) is 0 Å². The van der Waals surface area contributed by atoms with Crippen molar-refractivity contribution < 1.29 is 4.79 Å². The summed E-state index contributed by atoms with van der Waals surface area (Å²) in [4.78, 5) is 15.1. The Morgan fingerprint density at radius 2 is 1.78 bits per heavy atom. The summed E-state index contributed by atoms with van der Waals surface area (Å²) in [7, 11) is 2.09. The molecule has 3 heteroatoms. The van der Waals surface area contributed by atoms with Gasteiger partial charge in [0, 0.05) is 36.5 Å². The molecule has 2 aliphatic rings. The third-order valence-electron chi connectivity index (χ3n) is 4.86. The van der Waals surface area contributed by atoms with Crippen LogP contribution >= 0.6 is 0 Å². The summed E-state index contributed by atoms with van der Waals surface area (Å²) in [6.07, 6.45) is 2.09. The lowest BCUT2D eigenvalue weighted by Gasteiger charge is -2.31. The molecule has 0 saturated carbocycles. The maximum atomic E-state index is 12.9. The van der Waals surface area contributed by atoms with Gasteiger partial charge in [0.25, 0.3) is 5.91 Å². The van der Waals surface area contributed by atoms with E-state index < -0.39 is 0 Å². The summed E-state index contributed by atoms with van der Waals surface area (Å²) in [5, 5.41) is 3.08. The SMILES string of the molecule is CN1CCC/C1=C1/C(=O)Nc2ccccc2C1c1ccccc1.